The Kier molecular flexibility index (Phi) is 10.2. The Morgan fingerprint density at radius 1 is 1.03 bits per heavy atom. The lowest BCUT2D eigenvalue weighted by molar-refractivity contribution is -0.139. The summed E-state index contributed by atoms with van der Waals surface area (Å²) in [5.41, 5.74) is 1.88. The molecule has 2 amide bonds. The van der Waals surface area contributed by atoms with E-state index in [4.69, 9.17) is 11.6 Å². The van der Waals surface area contributed by atoms with Crippen LogP contribution in [0.15, 0.2) is 53.4 Å². The lowest BCUT2D eigenvalue weighted by Crippen LogP contribution is -2.51. The van der Waals surface area contributed by atoms with Gasteiger partial charge in [0, 0.05) is 43.2 Å². The molecule has 1 fully saturated rings. The van der Waals surface area contributed by atoms with Crippen LogP contribution >= 0.6 is 11.6 Å². The molecule has 1 aliphatic rings. The molecule has 1 saturated heterocycles. The van der Waals surface area contributed by atoms with E-state index in [1.165, 1.54) is 4.31 Å². The first-order valence-electron chi connectivity index (χ1n) is 12.9. The summed E-state index contributed by atoms with van der Waals surface area (Å²) in [5.74, 6) is -0.196. The van der Waals surface area contributed by atoms with Crippen LogP contribution in [0.5, 0.6) is 0 Å². The van der Waals surface area contributed by atoms with Gasteiger partial charge in [-0.15, -0.1) is 0 Å². The predicted molar refractivity (Wildman–Crippen MR) is 147 cm³/mol. The van der Waals surface area contributed by atoms with Gasteiger partial charge in [0.2, 0.25) is 21.8 Å². The summed E-state index contributed by atoms with van der Waals surface area (Å²) < 4.78 is 28.2. The number of benzene rings is 2. The number of aryl methyl sites for hydroxylation is 1. The maximum Gasteiger partial charge on any atom is 0.243 e. The van der Waals surface area contributed by atoms with Gasteiger partial charge in [-0.2, -0.15) is 4.31 Å². The van der Waals surface area contributed by atoms with Crippen LogP contribution in [-0.4, -0.2) is 66.6 Å². The normalized spacial score (nSPS) is 14.8. The fraction of sp³-hybridized carbons (Fsp3) is 0.500. The first kappa shape index (κ1) is 29.1. The zero-order valence-corrected chi connectivity index (χ0v) is 23.8. The van der Waals surface area contributed by atoms with Gasteiger partial charge in [0.05, 0.1) is 11.4 Å². The maximum atomic E-state index is 13.8. The Balaban J connectivity index is 1.83. The minimum absolute atomic E-state index is 0.0714. The topological polar surface area (TPSA) is 78.0 Å². The molecular weight excluding hydrogens is 510 g/mol. The van der Waals surface area contributed by atoms with E-state index < -0.39 is 10.0 Å². The summed E-state index contributed by atoms with van der Waals surface area (Å²) >= 11 is 6.06. The van der Waals surface area contributed by atoms with Crippen molar-refractivity contribution in [2.75, 3.05) is 26.2 Å². The van der Waals surface area contributed by atoms with Crippen LogP contribution in [0.3, 0.4) is 0 Å². The number of carbonyl (C=O) groups excluding carboxylic acids is 2. The van der Waals surface area contributed by atoms with E-state index in [1.54, 1.807) is 41.3 Å². The monoisotopic (exact) mass is 547 g/mol. The first-order chi connectivity index (χ1) is 17.5. The number of likely N-dealkylation sites (tertiary alicyclic amines) is 1. The van der Waals surface area contributed by atoms with Crippen LogP contribution in [0, 0.1) is 12.8 Å². The summed E-state index contributed by atoms with van der Waals surface area (Å²) in [7, 11) is -3.83. The smallest absolute Gasteiger partial charge is 0.243 e. The van der Waals surface area contributed by atoms with Crippen LogP contribution < -0.4 is 0 Å². The van der Waals surface area contributed by atoms with E-state index in [9.17, 15) is 18.0 Å². The number of rotatable bonds is 10. The minimum atomic E-state index is -3.83. The number of halogens is 1. The Morgan fingerprint density at radius 3 is 2.16 bits per heavy atom. The SMILES string of the molecule is CCCN(CC(=O)N(Cc1ccc(Cl)cc1)C1CCN(C(=O)C(C)C)CC1)S(=O)(=O)c1ccc(C)cc1. The Morgan fingerprint density at radius 2 is 1.62 bits per heavy atom. The molecule has 0 bridgehead atoms. The third kappa shape index (κ3) is 7.55. The quantitative estimate of drug-likeness (QED) is 0.431. The number of nitrogens with zero attached hydrogens (tertiary/aromatic N) is 3. The summed E-state index contributed by atoms with van der Waals surface area (Å²) in [4.78, 5) is 30.1. The third-order valence-corrected chi connectivity index (χ3v) is 8.85. The second-order valence-corrected chi connectivity index (χ2v) is 12.4. The highest BCUT2D eigenvalue weighted by molar-refractivity contribution is 7.89. The van der Waals surface area contributed by atoms with Gasteiger partial charge in [0.25, 0.3) is 0 Å². The fourth-order valence-corrected chi connectivity index (χ4v) is 6.21. The fourth-order valence-electron chi connectivity index (χ4n) is 4.61. The lowest BCUT2D eigenvalue weighted by atomic mass is 10.0. The van der Waals surface area contributed by atoms with Crippen LogP contribution in [0.2, 0.25) is 5.02 Å². The predicted octanol–water partition coefficient (Wildman–Crippen LogP) is 4.72. The van der Waals surface area contributed by atoms with Crippen molar-refractivity contribution < 1.29 is 18.0 Å². The summed E-state index contributed by atoms with van der Waals surface area (Å²) in [6.45, 7) is 9.10. The van der Waals surface area contributed by atoms with Crippen molar-refractivity contribution in [2.45, 2.75) is 64.4 Å². The van der Waals surface area contributed by atoms with Gasteiger partial charge in [-0.05, 0) is 56.0 Å². The van der Waals surface area contributed by atoms with Crippen molar-refractivity contribution >= 4 is 33.4 Å². The molecule has 0 radical (unpaired) electrons. The van der Waals surface area contributed by atoms with E-state index >= 15 is 0 Å². The molecule has 202 valence electrons. The summed E-state index contributed by atoms with van der Waals surface area (Å²) in [5, 5.41) is 0.612. The zero-order chi connectivity index (χ0) is 27.2. The second-order valence-electron chi connectivity index (χ2n) is 10.0. The number of sulfonamides is 1. The van der Waals surface area contributed by atoms with Crippen molar-refractivity contribution in [3.63, 3.8) is 0 Å². The van der Waals surface area contributed by atoms with Gasteiger partial charge in [-0.1, -0.05) is 62.2 Å². The lowest BCUT2D eigenvalue weighted by Gasteiger charge is -2.40. The van der Waals surface area contributed by atoms with Crippen LogP contribution in [0.25, 0.3) is 0 Å². The van der Waals surface area contributed by atoms with Gasteiger partial charge in [0.1, 0.15) is 0 Å². The maximum absolute atomic E-state index is 13.8. The minimum Gasteiger partial charge on any atom is -0.342 e. The molecule has 0 atom stereocenters. The van der Waals surface area contributed by atoms with Crippen molar-refractivity contribution in [2.24, 2.45) is 5.92 Å². The number of piperidine rings is 1. The Hall–Kier alpha value is -2.42. The average Bonchev–Trinajstić information content (AvgIpc) is 2.88. The zero-order valence-electron chi connectivity index (χ0n) is 22.2. The molecule has 1 heterocycles. The van der Waals surface area contributed by atoms with E-state index in [-0.39, 0.29) is 41.8 Å². The molecule has 9 heteroatoms. The summed E-state index contributed by atoms with van der Waals surface area (Å²) in [6.07, 6.45) is 1.89. The highest BCUT2D eigenvalue weighted by Crippen LogP contribution is 2.23. The molecule has 1 aliphatic heterocycles. The van der Waals surface area contributed by atoms with E-state index in [0.29, 0.717) is 43.9 Å². The van der Waals surface area contributed by atoms with Crippen LogP contribution in [0.4, 0.5) is 0 Å². The molecule has 0 N–H and O–H groups in total. The number of hydrogen-bond donors (Lipinski definition) is 0. The molecule has 0 saturated carbocycles. The molecule has 0 spiro atoms. The van der Waals surface area contributed by atoms with Crippen molar-refractivity contribution in [1.29, 1.82) is 0 Å². The largest absolute Gasteiger partial charge is 0.342 e. The van der Waals surface area contributed by atoms with Crippen molar-refractivity contribution in [3.05, 3.63) is 64.7 Å². The molecule has 3 rings (SSSR count). The molecule has 37 heavy (non-hydrogen) atoms. The molecule has 0 unspecified atom stereocenters. The third-order valence-electron chi connectivity index (χ3n) is 6.74. The van der Waals surface area contributed by atoms with Crippen LogP contribution in [0.1, 0.15) is 51.2 Å². The Labute approximate surface area is 226 Å². The van der Waals surface area contributed by atoms with Crippen molar-refractivity contribution in [1.82, 2.24) is 14.1 Å². The summed E-state index contributed by atoms with van der Waals surface area (Å²) in [6, 6.07) is 13.9. The Bertz CT molecular complexity index is 1160. The van der Waals surface area contributed by atoms with E-state index in [2.05, 4.69) is 0 Å². The first-order valence-corrected chi connectivity index (χ1v) is 14.7. The van der Waals surface area contributed by atoms with Gasteiger partial charge in [0.15, 0.2) is 0 Å². The highest BCUT2D eigenvalue weighted by atomic mass is 35.5. The molecule has 2 aromatic rings. The van der Waals surface area contributed by atoms with Crippen molar-refractivity contribution in [3.8, 4) is 0 Å². The molecular formula is C28H38ClN3O4S. The van der Waals surface area contributed by atoms with Gasteiger partial charge < -0.3 is 9.80 Å². The number of amides is 2. The molecule has 7 nitrogen and oxygen atoms in total. The molecule has 0 aliphatic carbocycles. The standard InChI is InChI=1S/C28H38ClN3O4S/c1-5-16-31(37(35,36)26-12-6-22(4)7-13-26)20-27(33)32(19-23-8-10-24(29)11-9-23)25-14-17-30(18-15-25)28(34)21(2)3/h6-13,21,25H,5,14-20H2,1-4H3. The molecule has 0 aromatic heterocycles. The van der Waals surface area contributed by atoms with E-state index in [0.717, 1.165) is 11.1 Å². The average molecular weight is 548 g/mol. The number of carbonyl (C=O) groups is 2. The molecule has 2 aromatic carbocycles. The van der Waals surface area contributed by atoms with Gasteiger partial charge >= 0.3 is 0 Å². The highest BCUT2D eigenvalue weighted by Gasteiger charge is 2.33. The van der Waals surface area contributed by atoms with Gasteiger partial charge in [-0.25, -0.2) is 8.42 Å². The van der Waals surface area contributed by atoms with E-state index in [1.807, 2.05) is 44.7 Å². The van der Waals surface area contributed by atoms with Gasteiger partial charge in [-0.3, -0.25) is 9.59 Å². The number of hydrogen-bond acceptors (Lipinski definition) is 4. The van der Waals surface area contributed by atoms with Crippen LogP contribution in [-0.2, 0) is 26.2 Å². The second kappa shape index (κ2) is 12.9.